The van der Waals surface area contributed by atoms with Crippen molar-refractivity contribution in [2.45, 2.75) is 0 Å². The van der Waals surface area contributed by atoms with E-state index in [4.69, 9.17) is 9.97 Å². The molecule has 5 heterocycles. The van der Waals surface area contributed by atoms with Gasteiger partial charge >= 0.3 is 0 Å². The molecule has 12 rings (SSSR count). The molecule has 7 heteroatoms. The average molecular weight is 711 g/mol. The summed E-state index contributed by atoms with van der Waals surface area (Å²) in [4.78, 5) is 16.0. The minimum Gasteiger partial charge on any atom is -0.311 e. The maximum absolute atomic E-state index is 5.10. The first kappa shape index (κ1) is 29.3. The fraction of sp³-hybridized carbons (Fsp3) is 0. The van der Waals surface area contributed by atoms with Gasteiger partial charge in [-0.3, -0.25) is 0 Å². The lowest BCUT2D eigenvalue weighted by Crippen LogP contribution is -2.61. The van der Waals surface area contributed by atoms with Crippen LogP contribution in [0.25, 0.3) is 51.9 Å². The lowest BCUT2D eigenvalue weighted by atomic mass is 9.33. The third kappa shape index (κ3) is 4.12. The van der Waals surface area contributed by atoms with Gasteiger partial charge in [-0.05, 0) is 71.0 Å². The summed E-state index contributed by atoms with van der Waals surface area (Å²) in [6, 6.07) is 57.4. The zero-order chi connectivity index (χ0) is 34.6. The van der Waals surface area contributed by atoms with Crippen molar-refractivity contribution in [1.29, 1.82) is 0 Å². The van der Waals surface area contributed by atoms with Gasteiger partial charge in [-0.15, -0.1) is 22.7 Å². The topological polar surface area (TPSA) is 32.3 Å². The summed E-state index contributed by atoms with van der Waals surface area (Å²) in [5, 5.41) is 4.86. The van der Waals surface area contributed by atoms with E-state index >= 15 is 0 Å². The number of fused-ring (bicyclic) bond motifs is 10. The van der Waals surface area contributed by atoms with Crippen molar-refractivity contribution in [3.8, 4) is 11.4 Å². The average Bonchev–Trinajstić information content (AvgIpc) is 3.80. The molecule has 7 aromatic carbocycles. The minimum atomic E-state index is 0.0784. The number of hydrogen-bond donors (Lipinski definition) is 0. The fourth-order valence-electron chi connectivity index (χ4n) is 8.80. The molecule has 0 spiro atoms. The Morgan fingerprint density at radius 1 is 0.434 bits per heavy atom. The summed E-state index contributed by atoms with van der Waals surface area (Å²) < 4.78 is 3.81. The van der Waals surface area contributed by atoms with Gasteiger partial charge in [-0.1, -0.05) is 103 Å². The first-order chi connectivity index (χ1) is 26.3. The Kier molecular flexibility index (Phi) is 6.15. The number of hydrogen-bond acceptors (Lipinski definition) is 6. The minimum absolute atomic E-state index is 0.0784. The van der Waals surface area contributed by atoms with Gasteiger partial charge in [0.25, 0.3) is 6.71 Å². The summed E-state index contributed by atoms with van der Waals surface area (Å²) in [6.45, 7) is 0.0784. The number of aromatic nitrogens is 2. The second-order valence-electron chi connectivity index (χ2n) is 13.7. The molecule has 2 aliphatic rings. The van der Waals surface area contributed by atoms with Crippen molar-refractivity contribution >= 4 is 120 Å². The summed E-state index contributed by atoms with van der Waals surface area (Å²) in [5.41, 5.74) is 12.1. The molecule has 0 fully saturated rings. The Morgan fingerprint density at radius 3 is 1.68 bits per heavy atom. The molecular weight excluding hydrogens is 683 g/mol. The smallest absolute Gasteiger partial charge is 0.252 e. The monoisotopic (exact) mass is 710 g/mol. The van der Waals surface area contributed by atoms with Gasteiger partial charge in [0, 0.05) is 70.2 Å². The largest absolute Gasteiger partial charge is 0.311 e. The van der Waals surface area contributed by atoms with Crippen LogP contribution >= 0.6 is 22.7 Å². The van der Waals surface area contributed by atoms with E-state index in [1.807, 2.05) is 35.7 Å². The van der Waals surface area contributed by atoms with Crippen molar-refractivity contribution in [3.05, 3.63) is 164 Å². The predicted octanol–water partition coefficient (Wildman–Crippen LogP) is 11.0. The van der Waals surface area contributed by atoms with E-state index in [0.717, 1.165) is 27.3 Å². The Hall–Kier alpha value is -6.28. The van der Waals surface area contributed by atoms with E-state index in [0.29, 0.717) is 0 Å². The molecule has 4 nitrogen and oxygen atoms in total. The van der Waals surface area contributed by atoms with Crippen LogP contribution in [-0.4, -0.2) is 16.7 Å². The molecule has 0 saturated heterocycles. The summed E-state index contributed by atoms with van der Waals surface area (Å²) in [7, 11) is 0. The van der Waals surface area contributed by atoms with Gasteiger partial charge in [0.15, 0.2) is 5.82 Å². The van der Waals surface area contributed by atoms with E-state index in [-0.39, 0.29) is 6.71 Å². The number of benzene rings is 7. The third-order valence-electron chi connectivity index (χ3n) is 10.9. The Labute approximate surface area is 313 Å². The predicted molar refractivity (Wildman–Crippen MR) is 227 cm³/mol. The van der Waals surface area contributed by atoms with Gasteiger partial charge in [0.05, 0.1) is 11.4 Å². The number of thiophene rings is 2. The maximum Gasteiger partial charge on any atom is 0.252 e. The molecule has 0 saturated carbocycles. The van der Waals surface area contributed by atoms with E-state index in [2.05, 4.69) is 149 Å². The lowest BCUT2D eigenvalue weighted by Gasteiger charge is -2.44. The zero-order valence-electron chi connectivity index (χ0n) is 28.3. The van der Waals surface area contributed by atoms with Crippen LogP contribution in [-0.2, 0) is 0 Å². The van der Waals surface area contributed by atoms with Crippen LogP contribution in [0.2, 0.25) is 0 Å². The van der Waals surface area contributed by atoms with Gasteiger partial charge in [-0.25, -0.2) is 9.97 Å². The normalized spacial score (nSPS) is 13.2. The quantitative estimate of drug-likeness (QED) is 0.171. The first-order valence-corrected chi connectivity index (χ1v) is 19.5. The first-order valence-electron chi connectivity index (χ1n) is 17.9. The molecule has 53 heavy (non-hydrogen) atoms. The molecule has 10 aromatic rings. The highest BCUT2D eigenvalue weighted by Crippen LogP contribution is 2.49. The van der Waals surface area contributed by atoms with Crippen LogP contribution in [0.1, 0.15) is 0 Å². The summed E-state index contributed by atoms with van der Waals surface area (Å²) in [6.07, 6.45) is 2.02. The number of rotatable bonds is 3. The molecule has 0 atom stereocenters. The fourth-order valence-corrected chi connectivity index (χ4v) is 11.0. The van der Waals surface area contributed by atoms with Crippen molar-refractivity contribution in [3.63, 3.8) is 0 Å². The third-order valence-corrected chi connectivity index (χ3v) is 13.1. The molecular formula is C46H27BN4S2. The van der Waals surface area contributed by atoms with Crippen molar-refractivity contribution in [2.75, 3.05) is 9.80 Å². The molecule has 0 amide bonds. The van der Waals surface area contributed by atoms with Gasteiger partial charge in [-0.2, -0.15) is 0 Å². The maximum atomic E-state index is 5.10. The van der Waals surface area contributed by atoms with E-state index in [1.165, 1.54) is 75.1 Å². The SMILES string of the molecule is c1ccc(-c2ncc3c(n2)sc2cccc(N4c5ccccc5B5c6ccccc6N(c6cccc7sc8ccccc8c67)c6cccc4c65)c23)cc1. The van der Waals surface area contributed by atoms with Crippen LogP contribution < -0.4 is 26.2 Å². The van der Waals surface area contributed by atoms with Crippen molar-refractivity contribution in [2.24, 2.45) is 0 Å². The number of nitrogens with zero attached hydrogens (tertiary/aromatic N) is 4. The van der Waals surface area contributed by atoms with Crippen LogP contribution in [0, 0.1) is 0 Å². The molecule has 0 bridgehead atoms. The lowest BCUT2D eigenvalue weighted by molar-refractivity contribution is 1.24. The highest BCUT2D eigenvalue weighted by atomic mass is 32.1. The Balaban J connectivity index is 1.13. The van der Waals surface area contributed by atoms with Crippen molar-refractivity contribution < 1.29 is 0 Å². The van der Waals surface area contributed by atoms with Crippen molar-refractivity contribution in [1.82, 2.24) is 9.97 Å². The van der Waals surface area contributed by atoms with Crippen LogP contribution in [0.3, 0.4) is 0 Å². The highest BCUT2D eigenvalue weighted by Gasteiger charge is 2.43. The van der Waals surface area contributed by atoms with E-state index < -0.39 is 0 Å². The molecule has 0 radical (unpaired) electrons. The van der Waals surface area contributed by atoms with Gasteiger partial charge < -0.3 is 9.80 Å². The van der Waals surface area contributed by atoms with Crippen LogP contribution in [0.4, 0.5) is 34.1 Å². The zero-order valence-corrected chi connectivity index (χ0v) is 29.9. The molecule has 3 aromatic heterocycles. The summed E-state index contributed by atoms with van der Waals surface area (Å²) >= 11 is 3.61. The highest BCUT2D eigenvalue weighted by molar-refractivity contribution is 7.26. The molecule has 0 aliphatic carbocycles. The van der Waals surface area contributed by atoms with E-state index in [9.17, 15) is 0 Å². The second kappa shape index (κ2) is 11.1. The molecule has 0 unspecified atom stereocenters. The van der Waals surface area contributed by atoms with Gasteiger partial charge in [0.2, 0.25) is 0 Å². The molecule has 0 N–H and O–H groups in total. The summed E-state index contributed by atoms with van der Waals surface area (Å²) in [5.74, 6) is 0.752. The standard InChI is InChI=1S/C46H27BN4S2/c1-2-13-28(14-3-1)45-48-27-30-43-36(21-12-26-41(43)53-46(30)49-45)51-34-19-8-6-17-32(34)47-31-16-5-7-18-33(31)50(37-22-10-23-38(51)44(37)47)35-20-11-25-40-42(35)29-15-4-9-24-39(29)52-40/h1-27H. The van der Waals surface area contributed by atoms with Crippen LogP contribution in [0.5, 0.6) is 0 Å². The van der Waals surface area contributed by atoms with Gasteiger partial charge in [0.1, 0.15) is 4.83 Å². The number of para-hydroxylation sites is 2. The molecule has 2 aliphatic heterocycles. The second-order valence-corrected chi connectivity index (χ2v) is 15.8. The van der Waals surface area contributed by atoms with Crippen LogP contribution in [0.15, 0.2) is 164 Å². The molecule has 246 valence electrons. The van der Waals surface area contributed by atoms with E-state index in [1.54, 1.807) is 11.3 Å². The Bertz CT molecular complexity index is 3110. The number of anilines is 6. The Morgan fingerprint density at radius 2 is 0.962 bits per heavy atom.